The van der Waals surface area contributed by atoms with Crippen molar-refractivity contribution in [1.29, 1.82) is 0 Å². The topological polar surface area (TPSA) is 64.0 Å². The number of alkyl halides is 1. The van der Waals surface area contributed by atoms with Crippen LogP contribution < -0.4 is 4.72 Å². The normalized spacial score (nSPS) is 13.8. The molecule has 1 unspecified atom stereocenters. The predicted octanol–water partition coefficient (Wildman–Crippen LogP) is 2.63. The van der Waals surface area contributed by atoms with Gasteiger partial charge in [0.1, 0.15) is 11.6 Å². The lowest BCUT2D eigenvalue weighted by atomic mass is 10.3. The van der Waals surface area contributed by atoms with Crippen molar-refractivity contribution >= 4 is 55.2 Å². The number of sulfonamides is 1. The lowest BCUT2D eigenvalue weighted by Crippen LogP contribution is -2.26. The Kier molecular flexibility index (Phi) is 5.11. The number of nitrogens with one attached hydrogen (secondary N) is 1. The van der Waals surface area contributed by atoms with Gasteiger partial charge in [0.25, 0.3) is 0 Å². The largest absolute Gasteiger partial charge is 0.325 e. The van der Waals surface area contributed by atoms with Gasteiger partial charge in [0, 0.05) is 19.2 Å². The number of imidazole rings is 1. The number of aromatic nitrogens is 2. The molecular formula is C12H14ClFIN3O2S. The van der Waals surface area contributed by atoms with E-state index in [1.165, 1.54) is 6.07 Å². The van der Waals surface area contributed by atoms with Gasteiger partial charge < -0.3 is 4.57 Å². The highest BCUT2D eigenvalue weighted by Gasteiger charge is 2.17. The Bertz CT molecular complexity index is 776. The van der Waals surface area contributed by atoms with E-state index in [1.807, 2.05) is 22.6 Å². The van der Waals surface area contributed by atoms with E-state index >= 15 is 0 Å². The Morgan fingerprint density at radius 2 is 2.19 bits per heavy atom. The fourth-order valence-corrected chi connectivity index (χ4v) is 3.10. The van der Waals surface area contributed by atoms with Crippen molar-refractivity contribution in [3.63, 3.8) is 0 Å². The number of benzene rings is 1. The molecule has 0 spiro atoms. The van der Waals surface area contributed by atoms with E-state index in [1.54, 1.807) is 17.6 Å². The molecule has 0 aliphatic heterocycles. The van der Waals surface area contributed by atoms with Crippen LogP contribution in [0.4, 0.5) is 4.39 Å². The lowest BCUT2D eigenvalue weighted by Gasteiger charge is -2.10. The van der Waals surface area contributed by atoms with E-state index in [-0.39, 0.29) is 17.7 Å². The molecule has 0 bridgehead atoms. The monoisotopic (exact) mass is 445 g/mol. The molecule has 0 saturated carbocycles. The van der Waals surface area contributed by atoms with Gasteiger partial charge in [0.15, 0.2) is 0 Å². The quantitative estimate of drug-likeness (QED) is 0.568. The molecule has 0 radical (unpaired) electrons. The highest BCUT2D eigenvalue weighted by atomic mass is 127. The first-order chi connectivity index (χ1) is 9.69. The molecule has 0 amide bonds. The third-order valence-electron chi connectivity index (χ3n) is 2.88. The maximum atomic E-state index is 13.8. The first-order valence-corrected chi connectivity index (χ1v) is 9.53. The van der Waals surface area contributed by atoms with Crippen LogP contribution in [-0.2, 0) is 16.6 Å². The van der Waals surface area contributed by atoms with Crippen molar-refractivity contribution in [3.8, 4) is 0 Å². The van der Waals surface area contributed by atoms with Gasteiger partial charge in [-0.05, 0) is 35.6 Å². The maximum Gasteiger partial charge on any atom is 0.208 e. The van der Waals surface area contributed by atoms with Gasteiger partial charge in [-0.2, -0.15) is 0 Å². The van der Waals surface area contributed by atoms with E-state index in [0.717, 1.165) is 6.26 Å². The second kappa shape index (κ2) is 6.35. The van der Waals surface area contributed by atoms with Gasteiger partial charge in [-0.1, -0.05) is 0 Å². The highest BCUT2D eigenvalue weighted by molar-refractivity contribution is 14.1. The summed E-state index contributed by atoms with van der Waals surface area (Å²) in [6, 6.07) is 3.04. The van der Waals surface area contributed by atoms with Crippen LogP contribution in [-0.4, -0.2) is 30.8 Å². The molecule has 0 fully saturated rings. The fourth-order valence-electron chi connectivity index (χ4n) is 2.02. The van der Waals surface area contributed by atoms with Crippen molar-refractivity contribution in [2.75, 3.05) is 12.8 Å². The molecule has 1 atom stereocenters. The van der Waals surface area contributed by atoms with E-state index in [9.17, 15) is 12.8 Å². The minimum atomic E-state index is -3.27. The average Bonchev–Trinajstić information content (AvgIpc) is 2.67. The molecule has 0 saturated heterocycles. The Balaban J connectivity index is 2.43. The summed E-state index contributed by atoms with van der Waals surface area (Å²) in [5.41, 5.74) is 1.24. The van der Waals surface area contributed by atoms with Crippen molar-refractivity contribution in [2.24, 2.45) is 0 Å². The number of halogens is 3. The summed E-state index contributed by atoms with van der Waals surface area (Å²) in [5, 5.41) is -0.364. The zero-order chi connectivity index (χ0) is 15.8. The molecule has 5 nitrogen and oxygen atoms in total. The molecule has 2 rings (SSSR count). The van der Waals surface area contributed by atoms with E-state index in [2.05, 4.69) is 9.71 Å². The first kappa shape index (κ1) is 16.9. The zero-order valence-electron chi connectivity index (χ0n) is 11.4. The van der Waals surface area contributed by atoms with Gasteiger partial charge in [-0.25, -0.2) is 22.5 Å². The number of hydrogen-bond donors (Lipinski definition) is 1. The fraction of sp³-hybridized carbons (Fsp3) is 0.417. The number of nitrogens with zero attached hydrogens (tertiary/aromatic N) is 2. The molecule has 0 aliphatic carbocycles. The van der Waals surface area contributed by atoms with Crippen LogP contribution in [0.2, 0.25) is 0 Å². The van der Waals surface area contributed by atoms with Crippen LogP contribution in [0, 0.1) is 9.39 Å². The number of rotatable bonds is 5. The van der Waals surface area contributed by atoms with Crippen molar-refractivity contribution < 1.29 is 12.8 Å². The van der Waals surface area contributed by atoms with Gasteiger partial charge in [-0.15, -0.1) is 11.6 Å². The van der Waals surface area contributed by atoms with Crippen molar-refractivity contribution in [2.45, 2.75) is 18.8 Å². The van der Waals surface area contributed by atoms with Crippen LogP contribution in [0.1, 0.15) is 18.1 Å². The molecule has 1 aromatic carbocycles. The average molecular weight is 446 g/mol. The highest BCUT2D eigenvalue weighted by Crippen LogP contribution is 2.26. The summed E-state index contributed by atoms with van der Waals surface area (Å²) in [5.74, 6) is 0.248. The van der Waals surface area contributed by atoms with E-state index in [0.29, 0.717) is 27.0 Å². The molecule has 1 heterocycles. The second-order valence-corrected chi connectivity index (χ2v) is 8.31. The lowest BCUT2D eigenvalue weighted by molar-refractivity contribution is 0.576. The molecule has 21 heavy (non-hydrogen) atoms. The molecule has 116 valence electrons. The Morgan fingerprint density at radius 3 is 2.76 bits per heavy atom. The van der Waals surface area contributed by atoms with Gasteiger partial charge in [0.2, 0.25) is 10.0 Å². The maximum absolute atomic E-state index is 13.8. The number of hydrogen-bond acceptors (Lipinski definition) is 3. The summed E-state index contributed by atoms with van der Waals surface area (Å²) >= 11 is 8.01. The molecule has 0 aliphatic rings. The van der Waals surface area contributed by atoms with Crippen molar-refractivity contribution in [3.05, 3.63) is 27.3 Å². The summed E-state index contributed by atoms with van der Waals surface area (Å²) in [6.45, 7) is 2.29. The van der Waals surface area contributed by atoms with E-state index in [4.69, 9.17) is 11.6 Å². The Hall–Kier alpha value is -0.450. The summed E-state index contributed by atoms with van der Waals surface area (Å²) < 4.78 is 40.6. The van der Waals surface area contributed by atoms with Crippen LogP contribution in [0.3, 0.4) is 0 Å². The number of fused-ring (bicyclic) bond motifs is 1. The SMILES string of the molecule is CC(Cl)c1nc2cc(I)c(F)cc2n1CCNS(C)(=O)=O. The molecule has 1 N–H and O–H groups in total. The van der Waals surface area contributed by atoms with Crippen LogP contribution in [0.15, 0.2) is 12.1 Å². The standard InChI is InChI=1S/C12H14ClFIN3O2S/c1-7(13)12-17-10-6-9(15)8(14)5-11(10)18(12)4-3-16-21(2,19)20/h5-7,16H,3-4H2,1-2H3. The minimum Gasteiger partial charge on any atom is -0.325 e. The molecule has 2 aromatic rings. The second-order valence-electron chi connectivity index (χ2n) is 4.66. The molecule has 1 aromatic heterocycles. The van der Waals surface area contributed by atoms with Crippen LogP contribution in [0.25, 0.3) is 11.0 Å². The predicted molar refractivity (Wildman–Crippen MR) is 89.5 cm³/mol. The summed E-state index contributed by atoms with van der Waals surface area (Å²) in [6.07, 6.45) is 1.09. The van der Waals surface area contributed by atoms with Gasteiger partial charge in [-0.3, -0.25) is 0 Å². The van der Waals surface area contributed by atoms with E-state index < -0.39 is 10.0 Å². The third-order valence-corrected chi connectivity index (χ3v) is 4.63. The Labute approximate surface area is 141 Å². The zero-order valence-corrected chi connectivity index (χ0v) is 15.1. The summed E-state index contributed by atoms with van der Waals surface area (Å²) in [4.78, 5) is 4.41. The Morgan fingerprint density at radius 1 is 1.52 bits per heavy atom. The summed E-state index contributed by atoms with van der Waals surface area (Å²) in [7, 11) is -3.27. The molecular weight excluding hydrogens is 432 g/mol. The van der Waals surface area contributed by atoms with Gasteiger partial charge >= 0.3 is 0 Å². The third kappa shape index (κ3) is 4.05. The minimum absolute atomic E-state index is 0.189. The molecule has 9 heteroatoms. The first-order valence-electron chi connectivity index (χ1n) is 6.13. The van der Waals surface area contributed by atoms with Crippen LogP contribution >= 0.6 is 34.2 Å². The smallest absolute Gasteiger partial charge is 0.208 e. The van der Waals surface area contributed by atoms with Crippen LogP contribution in [0.5, 0.6) is 0 Å². The van der Waals surface area contributed by atoms with Crippen molar-refractivity contribution in [1.82, 2.24) is 14.3 Å². The van der Waals surface area contributed by atoms with Gasteiger partial charge in [0.05, 0.1) is 26.2 Å².